The molecule has 1 amide bonds. The Labute approximate surface area is 126 Å². The molecule has 1 saturated heterocycles. The molecule has 0 radical (unpaired) electrons. The van der Waals surface area contributed by atoms with E-state index >= 15 is 0 Å². The van der Waals surface area contributed by atoms with Gasteiger partial charge < -0.3 is 10.1 Å². The van der Waals surface area contributed by atoms with Crippen LogP contribution in [-0.2, 0) is 4.79 Å². The van der Waals surface area contributed by atoms with Crippen molar-refractivity contribution in [2.45, 2.75) is 19.8 Å². The van der Waals surface area contributed by atoms with Gasteiger partial charge in [-0.25, -0.2) is 4.39 Å². The highest BCUT2D eigenvalue weighted by Gasteiger charge is 2.15. The third kappa shape index (κ3) is 4.86. The molecule has 1 aromatic carbocycles. The van der Waals surface area contributed by atoms with Gasteiger partial charge in [0.1, 0.15) is 11.6 Å². The summed E-state index contributed by atoms with van der Waals surface area (Å²) in [5, 5.41) is 10.8. The van der Waals surface area contributed by atoms with E-state index in [1.54, 1.807) is 6.07 Å². The topological polar surface area (TPSA) is 63.1 Å². The minimum Gasteiger partial charge on any atom is -0.493 e. The van der Waals surface area contributed by atoms with Gasteiger partial charge in [0.25, 0.3) is 0 Å². The van der Waals surface area contributed by atoms with Crippen molar-refractivity contribution in [1.29, 1.82) is 0 Å². The smallest absolute Gasteiger partial charge is 0.236 e. The van der Waals surface area contributed by atoms with E-state index < -0.39 is 0 Å². The first-order valence-electron chi connectivity index (χ1n) is 6.65. The number of carbonyl (C=O) groups excluding carboxylic acids is 1. The van der Waals surface area contributed by atoms with Crippen LogP contribution in [0.5, 0.6) is 5.75 Å². The fraction of sp³-hybridized carbons (Fsp3) is 0.357. The highest BCUT2D eigenvalue weighted by molar-refractivity contribution is 8.15. The lowest BCUT2D eigenvalue weighted by molar-refractivity contribution is -0.116. The van der Waals surface area contributed by atoms with E-state index in [1.165, 1.54) is 30.1 Å². The number of nitrogens with one attached hydrogen (secondary N) is 1. The fourth-order valence-electron chi connectivity index (χ4n) is 1.60. The molecule has 112 valence electrons. The van der Waals surface area contributed by atoms with E-state index in [9.17, 15) is 9.18 Å². The number of unbranched alkanes of at least 4 members (excludes halogenated alkanes) is 1. The molecule has 7 heteroatoms. The molecule has 1 fully saturated rings. The molecule has 0 unspecified atom stereocenters. The monoisotopic (exact) mass is 309 g/mol. The predicted molar refractivity (Wildman–Crippen MR) is 82.4 cm³/mol. The maximum absolute atomic E-state index is 13.3. The number of hydrogen-bond donors (Lipinski definition) is 1. The minimum atomic E-state index is -0.365. The van der Waals surface area contributed by atoms with Crippen LogP contribution in [0.4, 0.5) is 4.39 Å². The number of ether oxygens (including phenoxy) is 1. The molecule has 21 heavy (non-hydrogen) atoms. The number of thioether (sulfide) groups is 1. The molecule has 0 spiro atoms. The summed E-state index contributed by atoms with van der Waals surface area (Å²) in [4.78, 5) is 11.0. The van der Waals surface area contributed by atoms with Crippen molar-refractivity contribution in [3.63, 3.8) is 0 Å². The van der Waals surface area contributed by atoms with Gasteiger partial charge in [-0.05, 0) is 24.6 Å². The number of benzene rings is 1. The third-order valence-corrected chi connectivity index (χ3v) is 3.52. The zero-order valence-electron chi connectivity index (χ0n) is 11.6. The van der Waals surface area contributed by atoms with Crippen molar-refractivity contribution in [3.05, 3.63) is 29.6 Å². The van der Waals surface area contributed by atoms with Gasteiger partial charge in [-0.1, -0.05) is 25.1 Å². The van der Waals surface area contributed by atoms with Crippen LogP contribution in [0.2, 0.25) is 0 Å². The normalized spacial score (nSPS) is 16.7. The maximum Gasteiger partial charge on any atom is 0.236 e. The number of nitrogens with zero attached hydrogens (tertiary/aromatic N) is 2. The van der Waals surface area contributed by atoms with Crippen LogP contribution in [0.15, 0.2) is 28.4 Å². The number of halogens is 1. The van der Waals surface area contributed by atoms with Gasteiger partial charge in [0.05, 0.1) is 18.6 Å². The second-order valence-corrected chi connectivity index (χ2v) is 5.33. The summed E-state index contributed by atoms with van der Waals surface area (Å²) in [6, 6.07) is 4.26. The predicted octanol–water partition coefficient (Wildman–Crippen LogP) is 2.56. The van der Waals surface area contributed by atoms with E-state index in [4.69, 9.17) is 4.74 Å². The quantitative estimate of drug-likeness (QED) is 0.499. The van der Waals surface area contributed by atoms with Crippen molar-refractivity contribution < 1.29 is 13.9 Å². The summed E-state index contributed by atoms with van der Waals surface area (Å²) in [6.07, 6.45) is 3.37. The average molecular weight is 309 g/mol. The van der Waals surface area contributed by atoms with Gasteiger partial charge in [0.15, 0.2) is 5.17 Å². The molecule has 1 aliphatic heterocycles. The molecule has 0 atom stereocenters. The van der Waals surface area contributed by atoms with Crippen molar-refractivity contribution in [2.75, 3.05) is 12.4 Å². The van der Waals surface area contributed by atoms with E-state index in [1.807, 2.05) is 0 Å². The van der Waals surface area contributed by atoms with E-state index in [-0.39, 0.29) is 11.7 Å². The van der Waals surface area contributed by atoms with Gasteiger partial charge in [0.2, 0.25) is 5.91 Å². The Bertz CT molecular complexity index is 575. The van der Waals surface area contributed by atoms with E-state index in [0.717, 1.165) is 12.8 Å². The zero-order valence-corrected chi connectivity index (χ0v) is 12.5. The lowest BCUT2D eigenvalue weighted by atomic mass is 10.2. The van der Waals surface area contributed by atoms with Crippen LogP contribution < -0.4 is 10.1 Å². The van der Waals surface area contributed by atoms with Crippen LogP contribution in [0.3, 0.4) is 0 Å². The number of amidine groups is 1. The first kappa shape index (κ1) is 15.5. The lowest BCUT2D eigenvalue weighted by Gasteiger charge is -2.08. The summed E-state index contributed by atoms with van der Waals surface area (Å²) in [5.41, 5.74) is 0.518. The first-order chi connectivity index (χ1) is 10.2. The second kappa shape index (κ2) is 7.78. The van der Waals surface area contributed by atoms with Crippen LogP contribution in [0.1, 0.15) is 25.3 Å². The lowest BCUT2D eigenvalue weighted by Crippen LogP contribution is -2.19. The average Bonchev–Trinajstić information content (AvgIpc) is 2.87. The second-order valence-electron chi connectivity index (χ2n) is 4.37. The molecule has 1 aliphatic rings. The van der Waals surface area contributed by atoms with Gasteiger partial charge in [-0.3, -0.25) is 4.79 Å². The summed E-state index contributed by atoms with van der Waals surface area (Å²) in [7, 11) is 0. The summed E-state index contributed by atoms with van der Waals surface area (Å²) in [5.74, 6) is 0.454. The maximum atomic E-state index is 13.3. The highest BCUT2D eigenvalue weighted by Crippen LogP contribution is 2.18. The molecule has 2 rings (SSSR count). The Balaban J connectivity index is 2.06. The van der Waals surface area contributed by atoms with Crippen molar-refractivity contribution in [3.8, 4) is 5.75 Å². The van der Waals surface area contributed by atoms with Crippen molar-refractivity contribution in [1.82, 2.24) is 5.32 Å². The standard InChI is InChI=1S/C14H16FN3O2S/c1-2-3-6-20-12-5-4-11(15)7-10(12)8-16-18-14-17-13(19)9-21-14/h4-5,7-8H,2-3,6,9H2,1H3,(H,17,18,19). The molecule has 1 aromatic rings. The first-order valence-corrected chi connectivity index (χ1v) is 7.63. The Morgan fingerprint density at radius 3 is 3.10 bits per heavy atom. The van der Waals surface area contributed by atoms with Crippen LogP contribution in [0, 0.1) is 5.82 Å². The van der Waals surface area contributed by atoms with Crippen LogP contribution >= 0.6 is 11.8 Å². The zero-order chi connectivity index (χ0) is 15.1. The Morgan fingerprint density at radius 1 is 1.52 bits per heavy atom. The fourth-order valence-corrected chi connectivity index (χ4v) is 2.23. The Hall–Kier alpha value is -1.89. The Morgan fingerprint density at radius 2 is 2.38 bits per heavy atom. The van der Waals surface area contributed by atoms with Gasteiger partial charge in [-0.15, -0.1) is 5.10 Å². The summed E-state index contributed by atoms with van der Waals surface area (Å²) >= 11 is 1.28. The molecule has 5 nitrogen and oxygen atoms in total. The minimum absolute atomic E-state index is 0.0942. The molecular formula is C14H16FN3O2S. The molecule has 0 saturated carbocycles. The molecule has 0 aromatic heterocycles. The number of rotatable bonds is 6. The largest absolute Gasteiger partial charge is 0.493 e. The number of amides is 1. The van der Waals surface area contributed by atoms with Crippen LogP contribution in [-0.4, -0.2) is 29.6 Å². The molecule has 1 heterocycles. The van der Waals surface area contributed by atoms with E-state index in [2.05, 4.69) is 22.4 Å². The van der Waals surface area contributed by atoms with Crippen molar-refractivity contribution in [2.24, 2.45) is 10.2 Å². The summed E-state index contributed by atoms with van der Waals surface area (Å²) < 4.78 is 18.9. The molecular weight excluding hydrogens is 293 g/mol. The molecule has 0 aliphatic carbocycles. The molecule has 0 bridgehead atoms. The van der Waals surface area contributed by atoms with Gasteiger partial charge in [-0.2, -0.15) is 5.10 Å². The van der Waals surface area contributed by atoms with Crippen LogP contribution in [0.25, 0.3) is 0 Å². The Kier molecular flexibility index (Phi) is 5.74. The number of hydrogen-bond acceptors (Lipinski definition) is 5. The summed E-state index contributed by atoms with van der Waals surface area (Å²) in [6.45, 7) is 2.64. The van der Waals surface area contributed by atoms with E-state index in [0.29, 0.717) is 28.8 Å². The van der Waals surface area contributed by atoms with Crippen molar-refractivity contribution >= 4 is 29.1 Å². The molecule has 1 N–H and O–H groups in total. The highest BCUT2D eigenvalue weighted by atomic mass is 32.2. The third-order valence-electron chi connectivity index (χ3n) is 2.66. The number of carbonyl (C=O) groups is 1. The van der Waals surface area contributed by atoms with Gasteiger partial charge >= 0.3 is 0 Å². The van der Waals surface area contributed by atoms with Gasteiger partial charge in [0, 0.05) is 5.56 Å². The SMILES string of the molecule is CCCCOc1ccc(F)cc1C=NN=C1NC(=O)CS1.